The van der Waals surface area contributed by atoms with Gasteiger partial charge in [0.2, 0.25) is 0 Å². The first-order chi connectivity index (χ1) is 9.52. The molecule has 0 saturated carbocycles. The number of rotatable bonds is 5. The van der Waals surface area contributed by atoms with Gasteiger partial charge in [0.15, 0.2) is 0 Å². The topological polar surface area (TPSA) is 20.2 Å². The minimum Gasteiger partial charge on any atom is -0.424 e. The molecule has 2 heteroatoms. The Bertz CT molecular complexity index is 494. The van der Waals surface area contributed by atoms with Crippen LogP contribution < -0.4 is 10.4 Å². The highest BCUT2D eigenvalue weighted by atomic mass is 28.4. The van der Waals surface area contributed by atoms with Crippen LogP contribution in [0.15, 0.2) is 60.7 Å². The largest absolute Gasteiger partial charge is 0.424 e. The van der Waals surface area contributed by atoms with Gasteiger partial charge in [-0.15, -0.1) is 0 Å². The highest BCUT2D eigenvalue weighted by Gasteiger charge is 2.49. The summed E-state index contributed by atoms with van der Waals surface area (Å²) in [5.41, 5.74) is 0. The summed E-state index contributed by atoms with van der Waals surface area (Å²) >= 11 is 0. The van der Waals surface area contributed by atoms with E-state index in [1.54, 1.807) is 0 Å². The van der Waals surface area contributed by atoms with E-state index in [0.717, 1.165) is 23.2 Å². The van der Waals surface area contributed by atoms with Gasteiger partial charge in [-0.05, 0) is 21.8 Å². The molecular weight excluding hydrogens is 260 g/mol. The fraction of sp³-hybridized carbons (Fsp3) is 0.333. The van der Waals surface area contributed by atoms with Gasteiger partial charge >= 0.3 is 0 Å². The van der Waals surface area contributed by atoms with Crippen molar-refractivity contribution in [2.24, 2.45) is 0 Å². The van der Waals surface area contributed by atoms with E-state index in [9.17, 15) is 4.80 Å². The third-order valence-corrected chi connectivity index (χ3v) is 8.78. The molecule has 2 aromatic carbocycles. The number of benzene rings is 2. The molecule has 1 N–H and O–H groups in total. The number of hydrogen-bond acceptors (Lipinski definition) is 1. The molecule has 0 radical (unpaired) electrons. The van der Waals surface area contributed by atoms with Gasteiger partial charge in [-0.3, -0.25) is 0 Å². The van der Waals surface area contributed by atoms with Crippen molar-refractivity contribution in [3.8, 4) is 0 Å². The van der Waals surface area contributed by atoms with Crippen LogP contribution in [0.4, 0.5) is 0 Å². The molecule has 0 saturated heterocycles. The van der Waals surface area contributed by atoms with E-state index < -0.39 is 8.32 Å². The second-order valence-electron chi connectivity index (χ2n) is 6.08. The van der Waals surface area contributed by atoms with E-state index in [1.807, 2.05) is 36.4 Å². The quantitative estimate of drug-likeness (QED) is 0.835. The zero-order valence-electron chi connectivity index (χ0n) is 12.6. The molecule has 2 aromatic rings. The summed E-state index contributed by atoms with van der Waals surface area (Å²) in [7, 11) is -2.75. The van der Waals surface area contributed by atoms with Crippen LogP contribution in [0.1, 0.15) is 33.6 Å². The van der Waals surface area contributed by atoms with Crippen molar-refractivity contribution >= 4 is 18.7 Å². The molecule has 0 spiro atoms. The van der Waals surface area contributed by atoms with Crippen LogP contribution in [-0.4, -0.2) is 13.1 Å². The zero-order chi connectivity index (χ0) is 14.6. The molecule has 0 bridgehead atoms. The summed E-state index contributed by atoms with van der Waals surface area (Å²) in [6, 6.07) is 20.4. The Morgan fingerprint density at radius 2 is 1.25 bits per heavy atom. The highest BCUT2D eigenvalue weighted by Crippen LogP contribution is 2.39. The second-order valence-corrected chi connectivity index (χ2v) is 10.0. The van der Waals surface area contributed by atoms with Crippen molar-refractivity contribution in [2.45, 2.75) is 38.7 Å². The Labute approximate surface area is 123 Å². The fourth-order valence-corrected chi connectivity index (χ4v) is 6.97. The van der Waals surface area contributed by atoms with Gasteiger partial charge in [0.1, 0.15) is 0 Å². The summed E-state index contributed by atoms with van der Waals surface area (Å²) in [4.78, 5) is 11.8. The van der Waals surface area contributed by atoms with Crippen molar-refractivity contribution < 1.29 is 4.80 Å². The van der Waals surface area contributed by atoms with Crippen LogP contribution in [0, 0.1) is 0 Å². The molecule has 0 amide bonds. The summed E-state index contributed by atoms with van der Waals surface area (Å²) in [5, 5.41) is 2.11. The first-order valence-electron chi connectivity index (χ1n) is 7.36. The van der Waals surface area contributed by atoms with Crippen molar-refractivity contribution in [2.75, 3.05) is 0 Å². The van der Waals surface area contributed by atoms with E-state index in [-0.39, 0.29) is 5.04 Å². The number of hydrogen-bond donors (Lipinski definition) is 1. The van der Waals surface area contributed by atoms with E-state index in [2.05, 4.69) is 45.0 Å². The molecule has 0 aliphatic heterocycles. The van der Waals surface area contributed by atoms with Crippen LogP contribution in [0.25, 0.3) is 0 Å². The van der Waals surface area contributed by atoms with Crippen molar-refractivity contribution in [1.29, 1.82) is 0 Å². The van der Waals surface area contributed by atoms with Crippen LogP contribution in [0.5, 0.6) is 0 Å². The second kappa shape index (κ2) is 5.94. The minimum absolute atomic E-state index is 0.0928. The van der Waals surface area contributed by atoms with Crippen LogP contribution in [-0.2, 0) is 0 Å². The average Bonchev–Trinajstić information content (AvgIpc) is 2.48. The predicted octanol–water partition coefficient (Wildman–Crippen LogP) is 3.32. The molecule has 0 atom stereocenters. The normalized spacial score (nSPS) is 12.4. The first-order valence-corrected chi connectivity index (χ1v) is 9.30. The van der Waals surface area contributed by atoms with E-state index in [4.69, 9.17) is 0 Å². The third kappa shape index (κ3) is 2.58. The van der Waals surface area contributed by atoms with Crippen LogP contribution >= 0.6 is 0 Å². The van der Waals surface area contributed by atoms with Gasteiger partial charge < -0.3 is 4.80 Å². The molecule has 0 aromatic heterocycles. The summed E-state index contributed by atoms with van der Waals surface area (Å²) in [6.07, 6.45) is 2.11. The maximum Gasteiger partial charge on any atom is 0.258 e. The molecule has 0 fully saturated rings. The summed E-state index contributed by atoms with van der Waals surface area (Å²) < 4.78 is 0. The molecule has 2 rings (SSSR count). The predicted molar refractivity (Wildman–Crippen MR) is 89.1 cm³/mol. The lowest BCUT2D eigenvalue weighted by molar-refractivity contribution is 0.463. The van der Waals surface area contributed by atoms with Crippen molar-refractivity contribution in [3.63, 3.8) is 0 Å². The third-order valence-electron chi connectivity index (χ3n) is 4.24. The molecule has 0 heterocycles. The van der Waals surface area contributed by atoms with Crippen LogP contribution in [0.3, 0.4) is 0 Å². The monoisotopic (exact) mass is 284 g/mol. The van der Waals surface area contributed by atoms with Gasteiger partial charge in [-0.2, -0.15) is 0 Å². The van der Waals surface area contributed by atoms with Gasteiger partial charge in [0, 0.05) is 0 Å². The van der Waals surface area contributed by atoms with Crippen LogP contribution in [0.2, 0.25) is 5.04 Å². The lowest BCUT2D eigenvalue weighted by atomic mass is 10.1. The lowest BCUT2D eigenvalue weighted by Gasteiger charge is -2.41. The Kier molecular flexibility index (Phi) is 4.46. The maximum atomic E-state index is 11.8. The van der Waals surface area contributed by atoms with Gasteiger partial charge in [0.05, 0.1) is 0 Å². The summed E-state index contributed by atoms with van der Waals surface area (Å²) in [5.74, 6) is 0. The molecule has 0 unspecified atom stereocenters. The summed E-state index contributed by atoms with van der Waals surface area (Å²) in [6.45, 7) is 6.61. The zero-order valence-corrected chi connectivity index (χ0v) is 13.6. The Morgan fingerprint density at radius 3 is 1.60 bits per heavy atom. The van der Waals surface area contributed by atoms with E-state index in [0.29, 0.717) is 0 Å². The Hall–Kier alpha value is -1.38. The molecule has 0 aliphatic carbocycles. The Morgan fingerprint density at radius 1 is 0.850 bits per heavy atom. The fourth-order valence-electron chi connectivity index (χ4n) is 3.11. The molecule has 20 heavy (non-hydrogen) atoms. The average molecular weight is 284 g/mol. The van der Waals surface area contributed by atoms with Crippen molar-refractivity contribution in [1.82, 2.24) is 0 Å². The van der Waals surface area contributed by atoms with Gasteiger partial charge in [-0.25, -0.2) is 0 Å². The molecule has 0 aliphatic rings. The van der Waals surface area contributed by atoms with Gasteiger partial charge in [0.25, 0.3) is 8.32 Å². The molecule has 106 valence electrons. The van der Waals surface area contributed by atoms with E-state index in [1.165, 1.54) is 0 Å². The SMILES string of the molecule is CCCC(C)(C)[Si](O)(c1ccccc1)c1ccccc1. The standard InChI is InChI=1S/C18H24OSi/c1-4-15-18(2,3)20(19,16-11-7-5-8-12-16)17-13-9-6-10-14-17/h5-14,19H,4,15H2,1-3H3. The lowest BCUT2D eigenvalue weighted by Crippen LogP contribution is -2.65. The molecular formula is C18H24OSi. The van der Waals surface area contributed by atoms with Gasteiger partial charge in [-0.1, -0.05) is 87.9 Å². The van der Waals surface area contributed by atoms with E-state index >= 15 is 0 Å². The first kappa shape index (κ1) is 15.0. The Balaban J connectivity index is 2.61. The maximum absolute atomic E-state index is 11.8. The minimum atomic E-state index is -2.75. The highest BCUT2D eigenvalue weighted by molar-refractivity contribution is 6.98. The van der Waals surface area contributed by atoms with Crippen molar-refractivity contribution in [3.05, 3.63) is 60.7 Å². The smallest absolute Gasteiger partial charge is 0.258 e. The molecule has 1 nitrogen and oxygen atoms in total.